The first-order valence-electron chi connectivity index (χ1n) is 10.5. The molecule has 7 nitrogen and oxygen atoms in total. The third-order valence-corrected chi connectivity index (χ3v) is 5.68. The average molecular weight is 409 g/mol. The molecule has 0 aliphatic carbocycles. The number of hydrogen-bond acceptors (Lipinski definition) is 5. The molecule has 1 aromatic heterocycles. The summed E-state index contributed by atoms with van der Waals surface area (Å²) in [7, 11) is 0. The van der Waals surface area contributed by atoms with Gasteiger partial charge in [-0.15, -0.1) is 0 Å². The van der Waals surface area contributed by atoms with E-state index < -0.39 is 0 Å². The molecule has 0 bridgehead atoms. The minimum absolute atomic E-state index is 0.0224. The monoisotopic (exact) mass is 409 g/mol. The van der Waals surface area contributed by atoms with E-state index in [2.05, 4.69) is 10.3 Å². The minimum atomic E-state index is -0.228. The number of carbonyl (C=O) groups is 2. The van der Waals surface area contributed by atoms with Gasteiger partial charge in [0.05, 0.1) is 17.8 Å². The molecule has 1 atom stereocenters. The van der Waals surface area contributed by atoms with E-state index in [9.17, 15) is 9.59 Å². The molecule has 1 aromatic carbocycles. The lowest BCUT2D eigenvalue weighted by atomic mass is 9.93. The number of piperidine rings is 1. The molecule has 2 aliphatic heterocycles. The van der Waals surface area contributed by atoms with Crippen LogP contribution in [0.4, 0.5) is 5.69 Å². The normalized spacial score (nSPS) is 19.9. The molecular formula is C23H27N3O4. The second kappa shape index (κ2) is 9.71. The van der Waals surface area contributed by atoms with Gasteiger partial charge in [0.2, 0.25) is 11.8 Å². The molecule has 0 radical (unpaired) electrons. The number of nitrogens with one attached hydrogen (secondary N) is 1. The zero-order chi connectivity index (χ0) is 20.8. The van der Waals surface area contributed by atoms with Gasteiger partial charge in [-0.1, -0.05) is 12.1 Å². The summed E-state index contributed by atoms with van der Waals surface area (Å²) in [6.45, 7) is 2.47. The van der Waals surface area contributed by atoms with Crippen molar-refractivity contribution in [1.82, 2.24) is 9.88 Å². The zero-order valence-electron chi connectivity index (χ0n) is 17.0. The van der Waals surface area contributed by atoms with Crippen LogP contribution in [0.2, 0.25) is 0 Å². The van der Waals surface area contributed by atoms with E-state index in [0.717, 1.165) is 32.2 Å². The predicted octanol–water partition coefficient (Wildman–Crippen LogP) is 3.48. The maximum atomic E-state index is 13.0. The summed E-state index contributed by atoms with van der Waals surface area (Å²) < 4.78 is 11.2. The van der Waals surface area contributed by atoms with Crippen molar-refractivity contribution in [2.75, 3.05) is 31.6 Å². The number of ether oxygens (including phenoxy) is 2. The van der Waals surface area contributed by atoms with Crippen LogP contribution in [-0.2, 0) is 14.3 Å². The highest BCUT2D eigenvalue weighted by Crippen LogP contribution is 2.30. The van der Waals surface area contributed by atoms with Crippen LogP contribution in [-0.4, -0.2) is 48.0 Å². The Morgan fingerprint density at radius 3 is 2.70 bits per heavy atom. The Morgan fingerprint density at radius 1 is 1.07 bits per heavy atom. The zero-order valence-corrected chi connectivity index (χ0v) is 17.0. The summed E-state index contributed by atoms with van der Waals surface area (Å²) in [5, 5.41) is 3.00. The first-order chi connectivity index (χ1) is 14.7. The van der Waals surface area contributed by atoms with Crippen molar-refractivity contribution in [2.45, 2.75) is 25.7 Å². The lowest BCUT2D eigenvalue weighted by Gasteiger charge is -2.35. The maximum Gasteiger partial charge on any atom is 0.229 e. The molecule has 2 aromatic rings. The first kappa shape index (κ1) is 20.3. The molecule has 2 fully saturated rings. The van der Waals surface area contributed by atoms with E-state index >= 15 is 0 Å². The number of para-hydroxylation sites is 2. The van der Waals surface area contributed by atoms with E-state index in [1.54, 1.807) is 18.5 Å². The van der Waals surface area contributed by atoms with Crippen LogP contribution < -0.4 is 10.1 Å². The second-order valence-electron chi connectivity index (χ2n) is 7.79. The molecule has 2 aliphatic rings. The molecule has 2 saturated heterocycles. The van der Waals surface area contributed by atoms with E-state index in [-0.39, 0.29) is 23.7 Å². The molecule has 3 heterocycles. The number of carbonyl (C=O) groups excluding carboxylic acids is 2. The standard InChI is InChI=1S/C23H27N3O4/c27-22(18-5-4-12-26(16-18)23(28)17-9-13-29-14-10-17)25-20-7-1-2-8-21(20)30-19-6-3-11-24-15-19/h1-3,6-8,11,15,17-18H,4-5,9-10,12-14,16H2,(H,25,27)/t18-/m0/s1. The largest absolute Gasteiger partial charge is 0.454 e. The average Bonchev–Trinajstić information content (AvgIpc) is 2.81. The van der Waals surface area contributed by atoms with Crippen molar-refractivity contribution in [3.63, 3.8) is 0 Å². The Labute approximate surface area is 176 Å². The van der Waals surface area contributed by atoms with Gasteiger partial charge in [0.1, 0.15) is 5.75 Å². The van der Waals surface area contributed by atoms with Crippen LogP contribution in [0.1, 0.15) is 25.7 Å². The van der Waals surface area contributed by atoms with E-state index in [1.165, 1.54) is 0 Å². The summed E-state index contributed by atoms with van der Waals surface area (Å²) in [4.78, 5) is 31.7. The Kier molecular flexibility index (Phi) is 6.59. The van der Waals surface area contributed by atoms with Crippen molar-refractivity contribution in [3.05, 3.63) is 48.8 Å². The third kappa shape index (κ3) is 4.97. The van der Waals surface area contributed by atoms with Gasteiger partial charge in [-0.05, 0) is 49.9 Å². The molecule has 158 valence electrons. The number of pyridine rings is 1. The summed E-state index contributed by atoms with van der Waals surface area (Å²) in [6, 6.07) is 10.9. The lowest BCUT2D eigenvalue weighted by molar-refractivity contribution is -0.141. The highest BCUT2D eigenvalue weighted by Gasteiger charge is 2.32. The quantitative estimate of drug-likeness (QED) is 0.818. The number of amides is 2. The van der Waals surface area contributed by atoms with Crippen LogP contribution in [0.25, 0.3) is 0 Å². The number of nitrogens with zero attached hydrogens (tertiary/aromatic N) is 2. The molecular weight excluding hydrogens is 382 g/mol. The van der Waals surface area contributed by atoms with Gasteiger partial charge >= 0.3 is 0 Å². The highest BCUT2D eigenvalue weighted by atomic mass is 16.5. The molecule has 0 saturated carbocycles. The van der Waals surface area contributed by atoms with E-state index in [4.69, 9.17) is 9.47 Å². The van der Waals surface area contributed by atoms with Crippen LogP contribution in [0.15, 0.2) is 48.8 Å². The first-order valence-corrected chi connectivity index (χ1v) is 10.5. The van der Waals surface area contributed by atoms with E-state index in [0.29, 0.717) is 36.9 Å². The number of likely N-dealkylation sites (tertiary alicyclic amines) is 1. The van der Waals surface area contributed by atoms with Gasteiger partial charge in [-0.3, -0.25) is 14.6 Å². The molecule has 2 amide bonds. The Balaban J connectivity index is 1.39. The van der Waals surface area contributed by atoms with Gasteiger partial charge < -0.3 is 19.7 Å². The topological polar surface area (TPSA) is 80.8 Å². The second-order valence-corrected chi connectivity index (χ2v) is 7.79. The fraction of sp³-hybridized carbons (Fsp3) is 0.435. The van der Waals surface area contributed by atoms with Crippen molar-refractivity contribution >= 4 is 17.5 Å². The molecule has 7 heteroatoms. The Morgan fingerprint density at radius 2 is 1.90 bits per heavy atom. The molecule has 4 rings (SSSR count). The van der Waals surface area contributed by atoms with Crippen LogP contribution in [0.3, 0.4) is 0 Å². The van der Waals surface area contributed by atoms with Crippen molar-refractivity contribution in [1.29, 1.82) is 0 Å². The van der Waals surface area contributed by atoms with Crippen molar-refractivity contribution in [3.8, 4) is 11.5 Å². The van der Waals surface area contributed by atoms with Crippen molar-refractivity contribution in [2.24, 2.45) is 11.8 Å². The molecule has 1 N–H and O–H groups in total. The van der Waals surface area contributed by atoms with Crippen LogP contribution in [0, 0.1) is 11.8 Å². The minimum Gasteiger partial charge on any atom is -0.454 e. The summed E-state index contributed by atoms with van der Waals surface area (Å²) in [6.07, 6.45) is 6.45. The fourth-order valence-electron chi connectivity index (χ4n) is 4.02. The summed E-state index contributed by atoms with van der Waals surface area (Å²) >= 11 is 0. The number of benzene rings is 1. The van der Waals surface area contributed by atoms with Gasteiger partial charge in [-0.25, -0.2) is 0 Å². The van der Waals surface area contributed by atoms with Crippen LogP contribution >= 0.6 is 0 Å². The lowest BCUT2D eigenvalue weighted by Crippen LogP contribution is -2.46. The third-order valence-electron chi connectivity index (χ3n) is 5.68. The molecule has 0 spiro atoms. The number of anilines is 1. The Hall–Kier alpha value is -2.93. The van der Waals surface area contributed by atoms with Gasteiger partial charge in [0.25, 0.3) is 0 Å². The number of aromatic nitrogens is 1. The van der Waals surface area contributed by atoms with Crippen LogP contribution in [0.5, 0.6) is 11.5 Å². The maximum absolute atomic E-state index is 13.0. The predicted molar refractivity (Wildman–Crippen MR) is 112 cm³/mol. The van der Waals surface area contributed by atoms with Gasteiger partial charge in [0, 0.05) is 38.4 Å². The summed E-state index contributed by atoms with van der Waals surface area (Å²) in [5.74, 6) is 1.04. The number of rotatable bonds is 5. The van der Waals surface area contributed by atoms with Gasteiger partial charge in [-0.2, -0.15) is 0 Å². The summed E-state index contributed by atoms with van der Waals surface area (Å²) in [5.41, 5.74) is 0.610. The van der Waals surface area contributed by atoms with Crippen molar-refractivity contribution < 1.29 is 19.1 Å². The molecule has 0 unspecified atom stereocenters. The highest BCUT2D eigenvalue weighted by molar-refractivity contribution is 5.94. The molecule has 30 heavy (non-hydrogen) atoms. The smallest absolute Gasteiger partial charge is 0.229 e. The Bertz CT molecular complexity index is 868. The number of hydrogen-bond donors (Lipinski definition) is 1. The van der Waals surface area contributed by atoms with E-state index in [1.807, 2.05) is 35.2 Å². The SMILES string of the molecule is O=C(Nc1ccccc1Oc1cccnc1)[C@H]1CCCN(C(=O)C2CCOCC2)C1. The fourth-order valence-corrected chi connectivity index (χ4v) is 4.02. The van der Waals surface area contributed by atoms with Gasteiger partial charge in [0.15, 0.2) is 5.75 Å².